The van der Waals surface area contributed by atoms with Gasteiger partial charge in [0, 0.05) is 16.0 Å². The highest BCUT2D eigenvalue weighted by atomic mass is 35.5. The Bertz CT molecular complexity index is 267. The summed E-state index contributed by atoms with van der Waals surface area (Å²) in [6.07, 6.45) is 6.83. The number of rotatable bonds is 2. The zero-order chi connectivity index (χ0) is 10.6. The minimum Gasteiger partial charge on any atom is -0.193 e. The van der Waals surface area contributed by atoms with Crippen LogP contribution in [0.2, 0.25) is 0 Å². The third kappa shape index (κ3) is 2.30. The lowest BCUT2D eigenvalue weighted by Crippen LogP contribution is -2.21. The molecule has 78 valence electrons. The van der Waals surface area contributed by atoms with E-state index in [0.29, 0.717) is 0 Å². The molecule has 1 rings (SSSR count). The topological polar surface area (TPSA) is 23.8 Å². The van der Waals surface area contributed by atoms with E-state index in [1.165, 1.54) is 19.3 Å². The van der Waals surface area contributed by atoms with Crippen LogP contribution >= 0.6 is 11.6 Å². The Labute approximate surface area is 91.8 Å². The van der Waals surface area contributed by atoms with Gasteiger partial charge in [0.15, 0.2) is 0 Å². The molecule has 0 saturated heterocycles. The third-order valence-electron chi connectivity index (χ3n) is 3.24. The maximum Gasteiger partial charge on any atom is 0.0959 e. The van der Waals surface area contributed by atoms with E-state index in [2.05, 4.69) is 13.0 Å². The van der Waals surface area contributed by atoms with Crippen molar-refractivity contribution in [3.63, 3.8) is 0 Å². The highest BCUT2D eigenvalue weighted by Gasteiger charge is 2.31. The van der Waals surface area contributed by atoms with E-state index in [9.17, 15) is 0 Å². The van der Waals surface area contributed by atoms with Crippen LogP contribution in [0.5, 0.6) is 0 Å². The van der Waals surface area contributed by atoms with E-state index in [1.54, 1.807) is 0 Å². The van der Waals surface area contributed by atoms with Gasteiger partial charge in [-0.3, -0.25) is 0 Å². The first-order valence-electron chi connectivity index (χ1n) is 5.43. The van der Waals surface area contributed by atoms with E-state index in [4.69, 9.17) is 16.9 Å². The first-order valence-corrected chi connectivity index (χ1v) is 5.81. The molecule has 0 aromatic heterocycles. The monoisotopic (exact) mass is 211 g/mol. The summed E-state index contributed by atoms with van der Waals surface area (Å²) in [5.41, 5.74) is 0.858. The fourth-order valence-corrected chi connectivity index (χ4v) is 2.56. The standard InChI is InChI=1S/C12H18ClN/c1-3-10(9-14)11(13)12(2)7-5-4-6-8-12/h3-8H2,1-2H3. The molecule has 0 aromatic rings. The number of hydrogen-bond donors (Lipinski definition) is 0. The average molecular weight is 212 g/mol. The maximum atomic E-state index is 8.95. The van der Waals surface area contributed by atoms with Crippen LogP contribution < -0.4 is 0 Å². The normalized spacial score (nSPS) is 22.4. The number of allylic oxidation sites excluding steroid dienone is 2. The molecule has 0 N–H and O–H groups in total. The summed E-state index contributed by atoms with van der Waals surface area (Å²) < 4.78 is 0. The Hall–Kier alpha value is -0.480. The Morgan fingerprint density at radius 3 is 2.36 bits per heavy atom. The fourth-order valence-electron chi connectivity index (χ4n) is 2.20. The summed E-state index contributed by atoms with van der Waals surface area (Å²) in [7, 11) is 0. The van der Waals surface area contributed by atoms with Crippen LogP contribution in [0.15, 0.2) is 10.6 Å². The van der Waals surface area contributed by atoms with Gasteiger partial charge in [0.1, 0.15) is 0 Å². The highest BCUT2D eigenvalue weighted by Crippen LogP contribution is 2.45. The highest BCUT2D eigenvalue weighted by molar-refractivity contribution is 6.30. The van der Waals surface area contributed by atoms with Crippen LogP contribution in [-0.2, 0) is 0 Å². The van der Waals surface area contributed by atoms with E-state index < -0.39 is 0 Å². The van der Waals surface area contributed by atoms with E-state index in [1.807, 2.05) is 6.92 Å². The molecule has 1 nitrogen and oxygen atoms in total. The first kappa shape index (κ1) is 11.6. The van der Waals surface area contributed by atoms with Crippen LogP contribution in [-0.4, -0.2) is 0 Å². The number of hydrogen-bond acceptors (Lipinski definition) is 1. The minimum atomic E-state index is 0.0842. The van der Waals surface area contributed by atoms with Gasteiger partial charge in [-0.05, 0) is 19.3 Å². The first-order chi connectivity index (χ1) is 6.64. The predicted octanol–water partition coefficient (Wildman–Crippen LogP) is 4.38. The quantitative estimate of drug-likeness (QED) is 0.622. The molecule has 0 heterocycles. The summed E-state index contributed by atoms with van der Waals surface area (Å²) in [4.78, 5) is 0. The minimum absolute atomic E-state index is 0.0842. The van der Waals surface area contributed by atoms with Crippen molar-refractivity contribution < 1.29 is 0 Å². The molecule has 2 heteroatoms. The van der Waals surface area contributed by atoms with Gasteiger partial charge < -0.3 is 0 Å². The Balaban J connectivity index is 2.90. The van der Waals surface area contributed by atoms with Gasteiger partial charge >= 0.3 is 0 Å². The maximum absolute atomic E-state index is 8.95. The number of nitriles is 1. The molecule has 1 aliphatic rings. The predicted molar refractivity (Wildman–Crippen MR) is 60.0 cm³/mol. The van der Waals surface area contributed by atoms with Crippen LogP contribution in [0.3, 0.4) is 0 Å². The lowest BCUT2D eigenvalue weighted by molar-refractivity contribution is 0.277. The molecule has 0 spiro atoms. The molecule has 1 fully saturated rings. The largest absolute Gasteiger partial charge is 0.193 e. The van der Waals surface area contributed by atoms with Crippen molar-refractivity contribution in [3.05, 3.63) is 10.6 Å². The summed E-state index contributed by atoms with van der Waals surface area (Å²) >= 11 is 6.32. The van der Waals surface area contributed by atoms with Gasteiger partial charge in [-0.1, -0.05) is 44.7 Å². The van der Waals surface area contributed by atoms with Gasteiger partial charge in [0.2, 0.25) is 0 Å². The van der Waals surface area contributed by atoms with Crippen LogP contribution in [0.4, 0.5) is 0 Å². The Kier molecular flexibility index (Phi) is 4.01. The van der Waals surface area contributed by atoms with Gasteiger partial charge in [0.05, 0.1) is 6.07 Å². The molecule has 1 saturated carbocycles. The summed E-state index contributed by atoms with van der Waals surface area (Å²) in [6, 6.07) is 2.22. The zero-order valence-corrected chi connectivity index (χ0v) is 9.82. The molecule has 0 atom stereocenters. The van der Waals surface area contributed by atoms with Crippen molar-refractivity contribution in [1.82, 2.24) is 0 Å². The average Bonchev–Trinajstić information content (AvgIpc) is 2.20. The van der Waals surface area contributed by atoms with Gasteiger partial charge in [-0.15, -0.1) is 0 Å². The molecular weight excluding hydrogens is 194 g/mol. The second-order valence-corrected chi connectivity index (χ2v) is 4.76. The molecule has 0 unspecified atom stereocenters. The van der Waals surface area contributed by atoms with Gasteiger partial charge in [-0.25, -0.2) is 0 Å². The molecule has 1 aliphatic carbocycles. The second kappa shape index (κ2) is 4.84. The summed E-state index contributed by atoms with van der Waals surface area (Å²) in [5.74, 6) is 0. The van der Waals surface area contributed by atoms with E-state index >= 15 is 0 Å². The zero-order valence-electron chi connectivity index (χ0n) is 9.07. The molecule has 0 amide bonds. The molecule has 0 aromatic carbocycles. The SMILES string of the molecule is CCC(C#N)=C(Cl)C1(C)CCCCC1. The molecular formula is C12H18ClN. The third-order valence-corrected chi connectivity index (χ3v) is 3.92. The second-order valence-electron chi connectivity index (χ2n) is 4.38. The van der Waals surface area contributed by atoms with Crippen LogP contribution in [0.25, 0.3) is 0 Å². The van der Waals surface area contributed by atoms with Crippen LogP contribution in [0.1, 0.15) is 52.4 Å². The molecule has 14 heavy (non-hydrogen) atoms. The lowest BCUT2D eigenvalue weighted by atomic mass is 9.74. The van der Waals surface area contributed by atoms with E-state index in [0.717, 1.165) is 29.9 Å². The Morgan fingerprint density at radius 1 is 1.36 bits per heavy atom. The van der Waals surface area contributed by atoms with Crippen molar-refractivity contribution >= 4 is 11.6 Å². The van der Waals surface area contributed by atoms with Crippen molar-refractivity contribution in [3.8, 4) is 6.07 Å². The van der Waals surface area contributed by atoms with Crippen molar-refractivity contribution in [2.24, 2.45) is 5.41 Å². The summed E-state index contributed by atoms with van der Waals surface area (Å²) in [6.45, 7) is 4.19. The van der Waals surface area contributed by atoms with Crippen LogP contribution in [0, 0.1) is 16.7 Å². The fraction of sp³-hybridized carbons (Fsp3) is 0.750. The number of halogens is 1. The number of nitrogens with zero attached hydrogens (tertiary/aromatic N) is 1. The lowest BCUT2D eigenvalue weighted by Gasteiger charge is -2.33. The van der Waals surface area contributed by atoms with Crippen molar-refractivity contribution in [1.29, 1.82) is 5.26 Å². The van der Waals surface area contributed by atoms with Crippen molar-refractivity contribution in [2.75, 3.05) is 0 Å². The van der Waals surface area contributed by atoms with Gasteiger partial charge in [0.25, 0.3) is 0 Å². The molecule has 0 bridgehead atoms. The van der Waals surface area contributed by atoms with Gasteiger partial charge in [-0.2, -0.15) is 5.26 Å². The Morgan fingerprint density at radius 2 is 1.93 bits per heavy atom. The van der Waals surface area contributed by atoms with E-state index in [-0.39, 0.29) is 5.41 Å². The molecule has 0 aliphatic heterocycles. The van der Waals surface area contributed by atoms with Crippen molar-refractivity contribution in [2.45, 2.75) is 52.4 Å². The summed E-state index contributed by atoms with van der Waals surface area (Å²) in [5, 5.41) is 9.77. The molecule has 0 radical (unpaired) electrons. The smallest absolute Gasteiger partial charge is 0.0959 e.